The Morgan fingerprint density at radius 1 is 1.19 bits per heavy atom. The highest BCUT2D eigenvalue weighted by atomic mass is 35.5. The number of benzene rings is 2. The second-order valence-electron chi connectivity index (χ2n) is 5.43. The molecular weight excluding hydrogens is 381 g/mol. The van der Waals surface area contributed by atoms with Crippen molar-refractivity contribution in [3.05, 3.63) is 58.3 Å². The first-order valence-corrected chi connectivity index (χ1v) is 8.28. The van der Waals surface area contributed by atoms with Gasteiger partial charge in [-0.25, -0.2) is 0 Å². The molecule has 0 aliphatic heterocycles. The van der Waals surface area contributed by atoms with E-state index in [1.807, 2.05) is 0 Å². The lowest BCUT2D eigenvalue weighted by Gasteiger charge is -2.08. The number of rotatable bonds is 5. The fourth-order valence-corrected chi connectivity index (χ4v) is 2.70. The number of anilines is 1. The largest absolute Gasteiger partial charge is 0.508 e. The van der Waals surface area contributed by atoms with Crippen LogP contribution in [-0.2, 0) is 20.7 Å². The van der Waals surface area contributed by atoms with Gasteiger partial charge in [0, 0.05) is 17.0 Å². The predicted molar refractivity (Wildman–Crippen MR) is 97.6 cm³/mol. The van der Waals surface area contributed by atoms with E-state index < -0.39 is 18.5 Å². The first kappa shape index (κ1) is 18.1. The normalized spacial score (nSPS) is 10.7. The van der Waals surface area contributed by atoms with E-state index in [2.05, 4.69) is 5.32 Å². The van der Waals surface area contributed by atoms with E-state index in [4.69, 9.17) is 32.4 Å². The zero-order chi connectivity index (χ0) is 18.7. The van der Waals surface area contributed by atoms with Crippen LogP contribution in [0.25, 0.3) is 11.0 Å². The van der Waals surface area contributed by atoms with Gasteiger partial charge < -0.3 is 19.6 Å². The minimum absolute atomic E-state index is 0.0665. The molecule has 1 amide bonds. The van der Waals surface area contributed by atoms with Gasteiger partial charge in [0.1, 0.15) is 11.3 Å². The third-order valence-electron chi connectivity index (χ3n) is 3.56. The molecular formula is C18H13Cl2NO5. The Hall–Kier alpha value is -2.70. The van der Waals surface area contributed by atoms with E-state index in [1.165, 1.54) is 18.4 Å². The lowest BCUT2D eigenvalue weighted by Crippen LogP contribution is -2.21. The third kappa shape index (κ3) is 4.09. The summed E-state index contributed by atoms with van der Waals surface area (Å²) < 4.78 is 10.3. The molecule has 1 aromatic heterocycles. The Morgan fingerprint density at radius 3 is 2.81 bits per heavy atom. The number of halogens is 2. The molecule has 0 aliphatic rings. The highest BCUT2D eigenvalue weighted by molar-refractivity contribution is 6.44. The zero-order valence-electron chi connectivity index (χ0n) is 13.3. The number of aromatic hydroxyl groups is 1. The second-order valence-corrected chi connectivity index (χ2v) is 6.21. The average molecular weight is 394 g/mol. The minimum Gasteiger partial charge on any atom is -0.508 e. The van der Waals surface area contributed by atoms with E-state index in [1.54, 1.807) is 24.3 Å². The molecule has 0 aliphatic carbocycles. The molecule has 26 heavy (non-hydrogen) atoms. The van der Waals surface area contributed by atoms with Crippen LogP contribution in [0, 0.1) is 0 Å². The van der Waals surface area contributed by atoms with Gasteiger partial charge in [-0.3, -0.25) is 9.59 Å². The fourth-order valence-electron chi connectivity index (χ4n) is 2.35. The van der Waals surface area contributed by atoms with Crippen molar-refractivity contribution in [1.29, 1.82) is 0 Å². The van der Waals surface area contributed by atoms with Crippen molar-refractivity contribution in [3.8, 4) is 5.75 Å². The number of carbonyl (C=O) groups is 2. The van der Waals surface area contributed by atoms with Crippen molar-refractivity contribution < 1.29 is 23.8 Å². The molecule has 2 N–H and O–H groups in total. The standard InChI is InChI=1S/C18H13Cl2NO5/c19-13-2-1-3-14(18(13)20)21-16(23)9-26-17(24)6-10-8-25-15-7-11(22)4-5-12(10)15/h1-5,7-8,22H,6,9H2,(H,21,23). The summed E-state index contributed by atoms with van der Waals surface area (Å²) in [6, 6.07) is 9.40. The van der Waals surface area contributed by atoms with E-state index in [0.29, 0.717) is 27.2 Å². The Morgan fingerprint density at radius 2 is 2.00 bits per heavy atom. The third-order valence-corrected chi connectivity index (χ3v) is 4.38. The van der Waals surface area contributed by atoms with Crippen molar-refractivity contribution >= 4 is 51.7 Å². The topological polar surface area (TPSA) is 88.8 Å². The molecule has 0 spiro atoms. The molecule has 0 atom stereocenters. The number of esters is 1. The van der Waals surface area contributed by atoms with Crippen LogP contribution < -0.4 is 5.32 Å². The summed E-state index contributed by atoms with van der Waals surface area (Å²) in [7, 11) is 0. The molecule has 2 aromatic carbocycles. The monoisotopic (exact) mass is 393 g/mol. The summed E-state index contributed by atoms with van der Waals surface area (Å²) in [6.45, 7) is -0.460. The van der Waals surface area contributed by atoms with Crippen molar-refractivity contribution in [2.75, 3.05) is 11.9 Å². The Balaban J connectivity index is 1.56. The number of hydrogen-bond acceptors (Lipinski definition) is 5. The van der Waals surface area contributed by atoms with E-state index >= 15 is 0 Å². The smallest absolute Gasteiger partial charge is 0.310 e. The van der Waals surface area contributed by atoms with Crippen molar-refractivity contribution in [1.82, 2.24) is 0 Å². The fraction of sp³-hybridized carbons (Fsp3) is 0.111. The Kier molecular flexibility index (Phi) is 5.35. The molecule has 0 radical (unpaired) electrons. The number of hydrogen-bond donors (Lipinski definition) is 2. The van der Waals surface area contributed by atoms with Crippen LogP contribution in [0.3, 0.4) is 0 Å². The maximum Gasteiger partial charge on any atom is 0.310 e. The maximum absolute atomic E-state index is 12.0. The van der Waals surface area contributed by atoms with Crippen LogP contribution in [0.4, 0.5) is 5.69 Å². The number of carbonyl (C=O) groups excluding carboxylic acids is 2. The molecule has 0 fully saturated rings. The number of nitrogens with one attached hydrogen (secondary N) is 1. The van der Waals surface area contributed by atoms with Gasteiger partial charge in [-0.15, -0.1) is 0 Å². The lowest BCUT2D eigenvalue weighted by atomic mass is 10.1. The van der Waals surface area contributed by atoms with E-state index in [9.17, 15) is 14.7 Å². The van der Waals surface area contributed by atoms with Crippen LogP contribution in [0.1, 0.15) is 5.56 Å². The number of phenolic OH excluding ortho intramolecular Hbond substituents is 1. The van der Waals surface area contributed by atoms with Crippen LogP contribution in [0.2, 0.25) is 10.0 Å². The average Bonchev–Trinajstić information content (AvgIpc) is 2.99. The predicted octanol–water partition coefficient (Wildman–Crippen LogP) is 4.17. The van der Waals surface area contributed by atoms with Crippen LogP contribution in [0.5, 0.6) is 5.75 Å². The molecule has 6 nitrogen and oxygen atoms in total. The van der Waals surface area contributed by atoms with E-state index in [0.717, 1.165) is 0 Å². The van der Waals surface area contributed by atoms with Crippen molar-refractivity contribution in [2.24, 2.45) is 0 Å². The van der Waals surface area contributed by atoms with Crippen LogP contribution in [-0.4, -0.2) is 23.6 Å². The van der Waals surface area contributed by atoms with E-state index in [-0.39, 0.29) is 17.2 Å². The van der Waals surface area contributed by atoms with Crippen LogP contribution in [0.15, 0.2) is 47.1 Å². The Labute approximate surface area is 158 Å². The first-order chi connectivity index (χ1) is 12.4. The molecule has 1 heterocycles. The molecule has 0 saturated heterocycles. The molecule has 0 bridgehead atoms. The van der Waals surface area contributed by atoms with Gasteiger partial charge in [0.2, 0.25) is 0 Å². The second kappa shape index (κ2) is 7.68. The zero-order valence-corrected chi connectivity index (χ0v) is 14.8. The van der Waals surface area contributed by atoms with Gasteiger partial charge in [-0.05, 0) is 24.3 Å². The van der Waals surface area contributed by atoms with Gasteiger partial charge in [-0.2, -0.15) is 0 Å². The molecule has 134 valence electrons. The molecule has 0 saturated carbocycles. The van der Waals surface area contributed by atoms with Gasteiger partial charge in [0.25, 0.3) is 5.91 Å². The summed E-state index contributed by atoms with van der Waals surface area (Å²) in [5.41, 5.74) is 1.39. The summed E-state index contributed by atoms with van der Waals surface area (Å²) in [4.78, 5) is 23.9. The number of ether oxygens (including phenoxy) is 1. The molecule has 0 unspecified atom stereocenters. The molecule has 3 aromatic rings. The van der Waals surface area contributed by atoms with Crippen molar-refractivity contribution in [2.45, 2.75) is 6.42 Å². The van der Waals surface area contributed by atoms with Gasteiger partial charge in [-0.1, -0.05) is 29.3 Å². The highest BCUT2D eigenvalue weighted by Crippen LogP contribution is 2.29. The molecule has 3 rings (SSSR count). The van der Waals surface area contributed by atoms with Gasteiger partial charge in [0.05, 0.1) is 28.4 Å². The lowest BCUT2D eigenvalue weighted by molar-refractivity contribution is -0.146. The number of fused-ring (bicyclic) bond motifs is 1. The minimum atomic E-state index is -0.590. The maximum atomic E-state index is 12.0. The van der Waals surface area contributed by atoms with Gasteiger partial charge in [0.15, 0.2) is 6.61 Å². The quantitative estimate of drug-likeness (QED) is 0.634. The van der Waals surface area contributed by atoms with Crippen LogP contribution >= 0.6 is 23.2 Å². The summed E-state index contributed by atoms with van der Waals surface area (Å²) in [5.74, 6) is -1.06. The SMILES string of the molecule is O=C(COC(=O)Cc1coc2cc(O)ccc12)Nc1cccc(Cl)c1Cl. The summed E-state index contributed by atoms with van der Waals surface area (Å²) in [5, 5.41) is 13.1. The summed E-state index contributed by atoms with van der Waals surface area (Å²) in [6.07, 6.45) is 1.35. The number of amides is 1. The Bertz CT molecular complexity index is 983. The van der Waals surface area contributed by atoms with Gasteiger partial charge >= 0.3 is 5.97 Å². The molecule has 8 heteroatoms. The summed E-state index contributed by atoms with van der Waals surface area (Å²) >= 11 is 11.8. The number of phenols is 1. The van der Waals surface area contributed by atoms with Crippen molar-refractivity contribution in [3.63, 3.8) is 0 Å². The first-order valence-electron chi connectivity index (χ1n) is 7.52. The number of furan rings is 1. The highest BCUT2D eigenvalue weighted by Gasteiger charge is 2.14.